The van der Waals surface area contributed by atoms with E-state index in [-0.39, 0.29) is 5.60 Å². The van der Waals surface area contributed by atoms with E-state index in [9.17, 15) is 0 Å². The summed E-state index contributed by atoms with van der Waals surface area (Å²) in [4.78, 5) is 0. The van der Waals surface area contributed by atoms with Crippen LogP contribution in [-0.2, 0) is 10.3 Å². The summed E-state index contributed by atoms with van der Waals surface area (Å²) in [7, 11) is 0. The maximum Gasteiger partial charge on any atom is 0.0920 e. The lowest BCUT2D eigenvalue weighted by molar-refractivity contribution is -0.0814. The molecule has 1 aliphatic rings. The summed E-state index contributed by atoms with van der Waals surface area (Å²) in [5.74, 6) is 0. The van der Waals surface area contributed by atoms with Crippen LogP contribution in [0.1, 0.15) is 37.8 Å². The van der Waals surface area contributed by atoms with Gasteiger partial charge in [0.1, 0.15) is 0 Å². The van der Waals surface area contributed by atoms with Gasteiger partial charge in [-0.3, -0.25) is 0 Å². The number of benzene rings is 1. The second-order valence-electron chi connectivity index (χ2n) is 5.14. The molecule has 1 fully saturated rings. The molecule has 17 heavy (non-hydrogen) atoms. The van der Waals surface area contributed by atoms with E-state index < -0.39 is 0 Å². The standard InChI is InChI=1S/C15H23NO/c1-4-16-13-9-10-17-15(3,11-13)14-8-6-5-7-12(14)2/h5-8,13,16H,4,9-11H2,1-3H3. The Morgan fingerprint density at radius 1 is 1.41 bits per heavy atom. The van der Waals surface area contributed by atoms with Gasteiger partial charge in [-0.2, -0.15) is 0 Å². The molecule has 1 saturated heterocycles. The van der Waals surface area contributed by atoms with Gasteiger partial charge in [0.2, 0.25) is 0 Å². The molecule has 1 aromatic carbocycles. The molecule has 0 aromatic heterocycles. The van der Waals surface area contributed by atoms with Gasteiger partial charge >= 0.3 is 0 Å². The second kappa shape index (κ2) is 5.19. The fourth-order valence-corrected chi connectivity index (χ4v) is 2.87. The SMILES string of the molecule is CCNC1CCOC(C)(c2ccccc2C)C1. The fraction of sp³-hybridized carbons (Fsp3) is 0.600. The van der Waals surface area contributed by atoms with Crippen molar-refractivity contribution >= 4 is 0 Å². The lowest BCUT2D eigenvalue weighted by atomic mass is 9.83. The van der Waals surface area contributed by atoms with Crippen LogP contribution >= 0.6 is 0 Å². The van der Waals surface area contributed by atoms with Crippen molar-refractivity contribution in [2.45, 2.75) is 45.3 Å². The van der Waals surface area contributed by atoms with Crippen LogP contribution in [0.5, 0.6) is 0 Å². The van der Waals surface area contributed by atoms with Gasteiger partial charge in [-0.05, 0) is 44.4 Å². The first-order chi connectivity index (χ1) is 8.15. The Kier molecular flexibility index (Phi) is 3.85. The molecule has 0 amide bonds. The van der Waals surface area contributed by atoms with E-state index in [1.807, 2.05) is 0 Å². The third-order valence-corrected chi connectivity index (χ3v) is 3.73. The number of rotatable bonds is 3. The van der Waals surface area contributed by atoms with Crippen molar-refractivity contribution in [2.75, 3.05) is 13.2 Å². The van der Waals surface area contributed by atoms with Crippen molar-refractivity contribution in [1.29, 1.82) is 0 Å². The number of hydrogen-bond donors (Lipinski definition) is 1. The summed E-state index contributed by atoms with van der Waals surface area (Å²) in [5.41, 5.74) is 2.53. The molecular formula is C15H23NO. The van der Waals surface area contributed by atoms with Crippen LogP contribution < -0.4 is 5.32 Å². The van der Waals surface area contributed by atoms with E-state index in [1.54, 1.807) is 0 Å². The lowest BCUT2D eigenvalue weighted by Crippen LogP contribution is -2.44. The minimum atomic E-state index is -0.129. The minimum Gasteiger partial charge on any atom is -0.370 e. The summed E-state index contributed by atoms with van der Waals surface area (Å²) >= 11 is 0. The van der Waals surface area contributed by atoms with E-state index >= 15 is 0 Å². The third kappa shape index (κ3) is 2.70. The lowest BCUT2D eigenvalue weighted by Gasteiger charge is -2.39. The van der Waals surface area contributed by atoms with Crippen molar-refractivity contribution in [3.05, 3.63) is 35.4 Å². The van der Waals surface area contributed by atoms with Crippen LogP contribution in [0.25, 0.3) is 0 Å². The first-order valence-corrected chi connectivity index (χ1v) is 6.59. The highest BCUT2D eigenvalue weighted by Crippen LogP contribution is 2.36. The molecule has 2 nitrogen and oxygen atoms in total. The maximum atomic E-state index is 6.07. The van der Waals surface area contributed by atoms with Crippen molar-refractivity contribution < 1.29 is 4.74 Å². The molecule has 2 rings (SSSR count). The van der Waals surface area contributed by atoms with Gasteiger partial charge in [0.05, 0.1) is 5.60 Å². The molecule has 1 aromatic rings. The first kappa shape index (κ1) is 12.6. The molecule has 0 bridgehead atoms. The average Bonchev–Trinajstić information content (AvgIpc) is 2.30. The monoisotopic (exact) mass is 233 g/mol. The molecule has 0 spiro atoms. The Morgan fingerprint density at radius 3 is 2.88 bits per heavy atom. The summed E-state index contributed by atoms with van der Waals surface area (Å²) in [6, 6.07) is 9.14. The van der Waals surface area contributed by atoms with E-state index in [4.69, 9.17) is 4.74 Å². The van der Waals surface area contributed by atoms with Crippen LogP contribution in [0.15, 0.2) is 24.3 Å². The van der Waals surface area contributed by atoms with Crippen molar-refractivity contribution in [3.63, 3.8) is 0 Å². The molecule has 2 heteroatoms. The van der Waals surface area contributed by atoms with E-state index in [0.717, 1.165) is 26.0 Å². The zero-order chi connectivity index (χ0) is 12.3. The van der Waals surface area contributed by atoms with Crippen molar-refractivity contribution in [2.24, 2.45) is 0 Å². The number of nitrogens with one attached hydrogen (secondary N) is 1. The molecule has 0 radical (unpaired) electrons. The van der Waals surface area contributed by atoms with Gasteiger partial charge in [0, 0.05) is 12.6 Å². The predicted octanol–water partition coefficient (Wildman–Crippen LogP) is 3.00. The molecule has 0 aliphatic carbocycles. The number of hydrogen-bond acceptors (Lipinski definition) is 2. The molecule has 2 atom stereocenters. The molecule has 94 valence electrons. The van der Waals surface area contributed by atoms with E-state index in [1.165, 1.54) is 11.1 Å². The number of aryl methyl sites for hydroxylation is 1. The second-order valence-corrected chi connectivity index (χ2v) is 5.14. The third-order valence-electron chi connectivity index (χ3n) is 3.73. The van der Waals surface area contributed by atoms with Crippen LogP contribution in [0.4, 0.5) is 0 Å². The molecule has 0 saturated carbocycles. The molecule has 1 heterocycles. The zero-order valence-corrected chi connectivity index (χ0v) is 11.1. The Bertz CT molecular complexity index is 375. The van der Waals surface area contributed by atoms with Gasteiger partial charge in [0.15, 0.2) is 0 Å². The highest BCUT2D eigenvalue weighted by Gasteiger charge is 2.35. The van der Waals surface area contributed by atoms with Crippen LogP contribution in [0.3, 0.4) is 0 Å². The van der Waals surface area contributed by atoms with Crippen LogP contribution in [0, 0.1) is 6.92 Å². The Hall–Kier alpha value is -0.860. The van der Waals surface area contributed by atoms with Gasteiger partial charge in [-0.25, -0.2) is 0 Å². The predicted molar refractivity (Wildman–Crippen MR) is 71.2 cm³/mol. The normalized spacial score (nSPS) is 29.2. The Balaban J connectivity index is 2.20. The smallest absolute Gasteiger partial charge is 0.0920 e. The average molecular weight is 233 g/mol. The summed E-state index contributed by atoms with van der Waals surface area (Å²) < 4.78 is 6.07. The molecule has 1 aliphatic heterocycles. The molecule has 1 N–H and O–H groups in total. The van der Waals surface area contributed by atoms with Crippen molar-refractivity contribution in [3.8, 4) is 0 Å². The summed E-state index contributed by atoms with van der Waals surface area (Å²) in [6.07, 6.45) is 2.18. The largest absolute Gasteiger partial charge is 0.370 e. The van der Waals surface area contributed by atoms with Gasteiger partial charge in [-0.15, -0.1) is 0 Å². The van der Waals surface area contributed by atoms with Crippen molar-refractivity contribution in [1.82, 2.24) is 5.32 Å². The van der Waals surface area contributed by atoms with Gasteiger partial charge in [-0.1, -0.05) is 31.2 Å². The highest BCUT2D eigenvalue weighted by atomic mass is 16.5. The van der Waals surface area contributed by atoms with Gasteiger partial charge in [0.25, 0.3) is 0 Å². The Morgan fingerprint density at radius 2 is 2.18 bits per heavy atom. The fourth-order valence-electron chi connectivity index (χ4n) is 2.87. The zero-order valence-electron chi connectivity index (χ0n) is 11.1. The van der Waals surface area contributed by atoms with E-state index in [0.29, 0.717) is 6.04 Å². The first-order valence-electron chi connectivity index (χ1n) is 6.59. The molecular weight excluding hydrogens is 210 g/mol. The minimum absolute atomic E-state index is 0.129. The van der Waals surface area contributed by atoms with Gasteiger partial charge < -0.3 is 10.1 Å². The molecule has 2 unspecified atom stereocenters. The van der Waals surface area contributed by atoms with Crippen LogP contribution in [-0.4, -0.2) is 19.2 Å². The highest BCUT2D eigenvalue weighted by molar-refractivity contribution is 5.31. The topological polar surface area (TPSA) is 21.3 Å². The number of ether oxygens (including phenoxy) is 1. The maximum absolute atomic E-state index is 6.07. The summed E-state index contributed by atoms with van der Waals surface area (Å²) in [5, 5.41) is 3.55. The van der Waals surface area contributed by atoms with E-state index in [2.05, 4.69) is 50.4 Å². The quantitative estimate of drug-likeness (QED) is 0.866. The summed E-state index contributed by atoms with van der Waals surface area (Å²) in [6.45, 7) is 8.44. The Labute approximate surface area is 104 Å². The van der Waals surface area contributed by atoms with Crippen LogP contribution in [0.2, 0.25) is 0 Å².